The Morgan fingerprint density at radius 2 is 1.72 bits per heavy atom. The standard InChI is InChI=1S/C24H21NO3S/c1-27-20-11-9-19(10-12-20)23-14-13-21(29-23)17-25(16-18-6-3-2-4-7-18)24(26)22-8-5-15-28-22/h2-15H,16-17H2,1H3. The van der Waals surface area contributed by atoms with E-state index in [9.17, 15) is 4.79 Å². The highest BCUT2D eigenvalue weighted by Gasteiger charge is 2.20. The number of thiophene rings is 1. The molecular formula is C24H21NO3S. The van der Waals surface area contributed by atoms with Gasteiger partial charge in [0.25, 0.3) is 5.91 Å². The van der Waals surface area contributed by atoms with Gasteiger partial charge in [-0.3, -0.25) is 4.79 Å². The number of furan rings is 1. The van der Waals surface area contributed by atoms with E-state index in [4.69, 9.17) is 9.15 Å². The third-order valence-corrected chi connectivity index (χ3v) is 5.74. The lowest BCUT2D eigenvalue weighted by Gasteiger charge is -2.21. The van der Waals surface area contributed by atoms with Crippen LogP contribution in [0.2, 0.25) is 0 Å². The van der Waals surface area contributed by atoms with Crippen molar-refractivity contribution in [1.82, 2.24) is 4.90 Å². The van der Waals surface area contributed by atoms with Gasteiger partial charge < -0.3 is 14.1 Å². The zero-order chi connectivity index (χ0) is 20.1. The van der Waals surface area contributed by atoms with Crippen LogP contribution in [-0.2, 0) is 13.1 Å². The fourth-order valence-electron chi connectivity index (χ4n) is 3.12. The highest BCUT2D eigenvalue weighted by molar-refractivity contribution is 7.15. The maximum absolute atomic E-state index is 13.0. The van der Waals surface area contributed by atoms with Gasteiger partial charge in [-0.05, 0) is 59.7 Å². The van der Waals surface area contributed by atoms with Crippen LogP contribution in [0.1, 0.15) is 21.0 Å². The Balaban J connectivity index is 1.55. The predicted octanol–water partition coefficient (Wildman–Crippen LogP) is 5.86. The molecule has 0 radical (unpaired) electrons. The molecule has 2 heterocycles. The minimum absolute atomic E-state index is 0.113. The highest BCUT2D eigenvalue weighted by Crippen LogP contribution is 2.30. The quantitative estimate of drug-likeness (QED) is 0.388. The van der Waals surface area contributed by atoms with E-state index in [2.05, 4.69) is 12.1 Å². The van der Waals surface area contributed by atoms with Crippen molar-refractivity contribution < 1.29 is 13.9 Å². The summed E-state index contributed by atoms with van der Waals surface area (Å²) in [4.78, 5) is 17.1. The third kappa shape index (κ3) is 4.58. The smallest absolute Gasteiger partial charge is 0.290 e. The van der Waals surface area contributed by atoms with Crippen molar-refractivity contribution in [2.24, 2.45) is 0 Å². The second kappa shape index (κ2) is 8.80. The number of carbonyl (C=O) groups excluding carboxylic acids is 1. The van der Waals surface area contributed by atoms with Crippen LogP contribution >= 0.6 is 11.3 Å². The summed E-state index contributed by atoms with van der Waals surface area (Å²) in [5.41, 5.74) is 2.22. The van der Waals surface area contributed by atoms with Gasteiger partial charge in [0.2, 0.25) is 0 Å². The lowest BCUT2D eigenvalue weighted by molar-refractivity contribution is 0.0699. The SMILES string of the molecule is COc1ccc(-c2ccc(CN(Cc3ccccc3)C(=O)c3ccco3)s2)cc1. The van der Waals surface area contributed by atoms with Crippen molar-refractivity contribution in [2.45, 2.75) is 13.1 Å². The lowest BCUT2D eigenvalue weighted by atomic mass is 10.2. The Kier molecular flexibility index (Phi) is 5.77. The van der Waals surface area contributed by atoms with Crippen LogP contribution in [0, 0.1) is 0 Å². The largest absolute Gasteiger partial charge is 0.497 e. The first-order valence-corrected chi connectivity index (χ1v) is 10.1. The molecule has 0 aliphatic rings. The van der Waals surface area contributed by atoms with Crippen LogP contribution in [0.3, 0.4) is 0 Å². The van der Waals surface area contributed by atoms with Gasteiger partial charge in [0.15, 0.2) is 5.76 Å². The average molecular weight is 404 g/mol. The minimum atomic E-state index is -0.113. The molecule has 0 N–H and O–H groups in total. The number of ether oxygens (including phenoxy) is 1. The summed E-state index contributed by atoms with van der Waals surface area (Å²) in [5, 5.41) is 0. The Labute approximate surface area is 174 Å². The van der Waals surface area contributed by atoms with Crippen LogP contribution in [0.15, 0.2) is 89.5 Å². The second-order valence-corrected chi connectivity index (χ2v) is 7.79. The van der Waals surface area contributed by atoms with E-state index in [-0.39, 0.29) is 5.91 Å². The summed E-state index contributed by atoms with van der Waals surface area (Å²) < 4.78 is 10.6. The summed E-state index contributed by atoms with van der Waals surface area (Å²) >= 11 is 1.69. The Morgan fingerprint density at radius 3 is 2.41 bits per heavy atom. The molecule has 29 heavy (non-hydrogen) atoms. The van der Waals surface area contributed by atoms with Crippen LogP contribution in [-0.4, -0.2) is 17.9 Å². The van der Waals surface area contributed by atoms with Crippen molar-refractivity contribution >= 4 is 17.2 Å². The molecule has 0 unspecified atom stereocenters. The molecule has 0 aliphatic heterocycles. The number of hydrogen-bond acceptors (Lipinski definition) is 4. The fourth-order valence-corrected chi connectivity index (χ4v) is 4.15. The van der Waals surface area contributed by atoms with Crippen LogP contribution in [0.4, 0.5) is 0 Å². The zero-order valence-corrected chi connectivity index (χ0v) is 16.9. The highest BCUT2D eigenvalue weighted by atomic mass is 32.1. The Hall–Kier alpha value is -3.31. The van der Waals surface area contributed by atoms with Gasteiger partial charge in [0.1, 0.15) is 5.75 Å². The lowest BCUT2D eigenvalue weighted by Crippen LogP contribution is -2.29. The summed E-state index contributed by atoms with van der Waals surface area (Å²) in [7, 11) is 1.66. The summed E-state index contributed by atoms with van der Waals surface area (Å²) in [6.07, 6.45) is 1.53. The molecule has 4 rings (SSSR count). The number of benzene rings is 2. The molecule has 5 heteroatoms. The third-order valence-electron chi connectivity index (χ3n) is 4.62. The molecule has 0 bridgehead atoms. The molecule has 0 saturated carbocycles. The number of carbonyl (C=O) groups is 1. The molecule has 4 nitrogen and oxygen atoms in total. The maximum atomic E-state index is 13.0. The van der Waals surface area contributed by atoms with Crippen molar-refractivity contribution in [3.05, 3.63) is 101 Å². The van der Waals surface area contributed by atoms with Gasteiger partial charge in [0, 0.05) is 16.3 Å². The van der Waals surface area contributed by atoms with E-state index >= 15 is 0 Å². The van der Waals surface area contributed by atoms with E-state index in [1.54, 1.807) is 30.6 Å². The Morgan fingerprint density at radius 1 is 0.931 bits per heavy atom. The Bertz CT molecular complexity index is 1050. The number of amides is 1. The summed E-state index contributed by atoms with van der Waals surface area (Å²) in [6, 6.07) is 25.6. The van der Waals surface area contributed by atoms with Crippen molar-refractivity contribution in [2.75, 3.05) is 7.11 Å². The van der Waals surface area contributed by atoms with Crippen molar-refractivity contribution in [3.8, 4) is 16.2 Å². The van der Waals surface area contributed by atoms with Gasteiger partial charge in [-0.15, -0.1) is 11.3 Å². The van der Waals surface area contributed by atoms with Gasteiger partial charge in [-0.1, -0.05) is 30.3 Å². The fraction of sp³-hybridized carbons (Fsp3) is 0.125. The molecule has 4 aromatic rings. The first-order chi connectivity index (χ1) is 14.2. The van der Waals surface area contributed by atoms with Crippen molar-refractivity contribution in [1.29, 1.82) is 0 Å². The first-order valence-electron chi connectivity index (χ1n) is 9.33. The van der Waals surface area contributed by atoms with Crippen LogP contribution < -0.4 is 4.74 Å². The monoisotopic (exact) mass is 403 g/mol. The second-order valence-electron chi connectivity index (χ2n) is 6.62. The van der Waals surface area contributed by atoms with Gasteiger partial charge in [-0.25, -0.2) is 0 Å². The number of methoxy groups -OCH3 is 1. The summed E-state index contributed by atoms with van der Waals surface area (Å²) in [6.45, 7) is 1.05. The van der Waals surface area contributed by atoms with E-state index in [1.165, 1.54) is 6.26 Å². The van der Waals surface area contributed by atoms with Gasteiger partial charge in [0.05, 0.1) is 19.9 Å². The normalized spacial score (nSPS) is 10.7. The molecular weight excluding hydrogens is 382 g/mol. The number of hydrogen-bond donors (Lipinski definition) is 0. The van der Waals surface area contributed by atoms with Gasteiger partial charge in [-0.2, -0.15) is 0 Å². The zero-order valence-electron chi connectivity index (χ0n) is 16.1. The number of rotatable bonds is 7. The van der Waals surface area contributed by atoms with Crippen molar-refractivity contribution in [3.63, 3.8) is 0 Å². The molecule has 0 saturated heterocycles. The molecule has 0 atom stereocenters. The first kappa shape index (κ1) is 19.0. The van der Waals surface area contributed by atoms with E-state index in [1.807, 2.05) is 59.5 Å². The maximum Gasteiger partial charge on any atom is 0.290 e. The van der Waals surface area contributed by atoms with E-state index < -0.39 is 0 Å². The minimum Gasteiger partial charge on any atom is -0.497 e. The van der Waals surface area contributed by atoms with Crippen LogP contribution in [0.25, 0.3) is 10.4 Å². The molecule has 1 amide bonds. The molecule has 0 fully saturated rings. The van der Waals surface area contributed by atoms with Gasteiger partial charge >= 0.3 is 0 Å². The topological polar surface area (TPSA) is 42.7 Å². The predicted molar refractivity (Wildman–Crippen MR) is 115 cm³/mol. The molecule has 0 aliphatic carbocycles. The molecule has 2 aromatic heterocycles. The molecule has 2 aromatic carbocycles. The van der Waals surface area contributed by atoms with Crippen LogP contribution in [0.5, 0.6) is 5.75 Å². The molecule has 146 valence electrons. The molecule has 0 spiro atoms. The summed E-state index contributed by atoms with van der Waals surface area (Å²) in [5.74, 6) is 1.08. The average Bonchev–Trinajstić information content (AvgIpc) is 3.46. The number of nitrogens with zero attached hydrogens (tertiary/aromatic N) is 1. The van der Waals surface area contributed by atoms with E-state index in [0.29, 0.717) is 18.8 Å². The van der Waals surface area contributed by atoms with E-state index in [0.717, 1.165) is 26.6 Å².